The quantitative estimate of drug-likeness (QED) is 0.803. The van der Waals surface area contributed by atoms with Gasteiger partial charge in [0.1, 0.15) is 10.8 Å². The predicted molar refractivity (Wildman–Crippen MR) is 102 cm³/mol. The van der Waals surface area contributed by atoms with Gasteiger partial charge in [-0.15, -0.1) is 4.72 Å². The maximum absolute atomic E-state index is 12.7. The number of hydrogen-bond acceptors (Lipinski definition) is 3. The SMILES string of the molecule is Cc1cc([C@@H](N[S+]([O-])C(C)(C)C)c2ccccc2)ncc1C(C)C. The number of pyridine rings is 1. The van der Waals surface area contributed by atoms with Crippen molar-refractivity contribution in [3.63, 3.8) is 0 Å². The van der Waals surface area contributed by atoms with Crippen molar-refractivity contribution >= 4 is 11.4 Å². The van der Waals surface area contributed by atoms with Crippen molar-refractivity contribution in [2.45, 2.75) is 58.2 Å². The molecule has 3 nitrogen and oxygen atoms in total. The molecule has 0 fully saturated rings. The molecule has 0 bridgehead atoms. The molecule has 0 saturated carbocycles. The lowest BCUT2D eigenvalue weighted by molar-refractivity contribution is 0.534. The summed E-state index contributed by atoms with van der Waals surface area (Å²) in [6.45, 7) is 12.4. The number of aryl methyl sites for hydroxylation is 1. The van der Waals surface area contributed by atoms with Crippen LogP contribution in [0.3, 0.4) is 0 Å². The van der Waals surface area contributed by atoms with Crippen molar-refractivity contribution in [2.24, 2.45) is 0 Å². The Labute approximate surface area is 149 Å². The molecule has 0 aliphatic carbocycles. The van der Waals surface area contributed by atoms with Crippen molar-refractivity contribution in [1.82, 2.24) is 9.71 Å². The van der Waals surface area contributed by atoms with Gasteiger partial charge in [0.2, 0.25) is 0 Å². The van der Waals surface area contributed by atoms with Crippen LogP contribution in [0.2, 0.25) is 0 Å². The first-order chi connectivity index (χ1) is 11.2. The fourth-order valence-corrected chi connectivity index (χ4v) is 3.40. The second-order valence-electron chi connectivity index (χ2n) is 7.46. The molecule has 2 aromatic rings. The fraction of sp³-hybridized carbons (Fsp3) is 0.450. The van der Waals surface area contributed by atoms with Gasteiger partial charge in [-0.05, 0) is 56.4 Å². The smallest absolute Gasteiger partial charge is 0.136 e. The highest BCUT2D eigenvalue weighted by atomic mass is 32.2. The number of rotatable bonds is 5. The lowest BCUT2D eigenvalue weighted by Crippen LogP contribution is -2.41. The third-order valence-corrected chi connectivity index (χ3v) is 5.57. The average Bonchev–Trinajstić information content (AvgIpc) is 2.51. The van der Waals surface area contributed by atoms with Crippen LogP contribution in [0.15, 0.2) is 42.6 Å². The molecule has 4 heteroatoms. The molecule has 1 aromatic heterocycles. The zero-order valence-electron chi connectivity index (χ0n) is 15.5. The van der Waals surface area contributed by atoms with Crippen LogP contribution in [0.4, 0.5) is 0 Å². The van der Waals surface area contributed by atoms with Crippen molar-refractivity contribution in [1.29, 1.82) is 0 Å². The third kappa shape index (κ3) is 4.59. The summed E-state index contributed by atoms with van der Waals surface area (Å²) in [6.07, 6.45) is 1.95. The topological polar surface area (TPSA) is 48.0 Å². The second-order valence-corrected chi connectivity index (χ2v) is 9.46. The number of hydrogen-bond donors (Lipinski definition) is 1. The van der Waals surface area contributed by atoms with E-state index in [0.717, 1.165) is 11.3 Å². The number of aromatic nitrogens is 1. The first-order valence-corrected chi connectivity index (χ1v) is 9.54. The summed E-state index contributed by atoms with van der Waals surface area (Å²) in [5.74, 6) is 0.443. The van der Waals surface area contributed by atoms with E-state index in [1.54, 1.807) is 0 Å². The lowest BCUT2D eigenvalue weighted by Gasteiger charge is -2.28. The maximum Gasteiger partial charge on any atom is 0.136 e. The summed E-state index contributed by atoms with van der Waals surface area (Å²) < 4.78 is 15.6. The van der Waals surface area contributed by atoms with Crippen molar-refractivity contribution in [3.8, 4) is 0 Å². The molecule has 0 spiro atoms. The van der Waals surface area contributed by atoms with Gasteiger partial charge in [0.05, 0.1) is 5.69 Å². The lowest BCUT2D eigenvalue weighted by atomic mass is 9.97. The molecule has 0 aliphatic rings. The van der Waals surface area contributed by atoms with Crippen LogP contribution in [0.25, 0.3) is 0 Å². The molecular formula is C20H28N2OS. The van der Waals surface area contributed by atoms with Crippen LogP contribution in [-0.4, -0.2) is 14.3 Å². The predicted octanol–water partition coefficient (Wildman–Crippen LogP) is 4.65. The van der Waals surface area contributed by atoms with E-state index < -0.39 is 11.4 Å². The molecule has 1 unspecified atom stereocenters. The van der Waals surface area contributed by atoms with E-state index in [0.29, 0.717) is 5.92 Å². The molecule has 1 aromatic carbocycles. The second kappa shape index (κ2) is 7.68. The van der Waals surface area contributed by atoms with E-state index in [1.165, 1.54) is 11.1 Å². The standard InChI is InChI=1S/C20H28N2OS/c1-14(2)17-13-21-18(12-15(17)3)19(16-10-8-7-9-11-16)22-24(23)20(4,5)6/h7-14,19,22H,1-6H3/t19-,24?/m0/s1. The van der Waals surface area contributed by atoms with Gasteiger partial charge in [-0.25, -0.2) is 0 Å². The van der Waals surface area contributed by atoms with Crippen molar-refractivity contribution < 1.29 is 4.55 Å². The highest BCUT2D eigenvalue weighted by Crippen LogP contribution is 2.27. The maximum atomic E-state index is 12.7. The van der Waals surface area contributed by atoms with Crippen LogP contribution in [0, 0.1) is 6.92 Å². The Hall–Kier alpha value is -1.36. The number of benzene rings is 1. The van der Waals surface area contributed by atoms with Crippen LogP contribution in [-0.2, 0) is 11.4 Å². The third-order valence-electron chi connectivity index (χ3n) is 4.00. The highest BCUT2D eigenvalue weighted by Gasteiger charge is 2.31. The first-order valence-electron chi connectivity index (χ1n) is 8.39. The molecule has 2 rings (SSSR count). The van der Waals surface area contributed by atoms with Crippen molar-refractivity contribution in [2.75, 3.05) is 0 Å². The van der Waals surface area contributed by atoms with Gasteiger partial charge in [0.15, 0.2) is 0 Å². The zero-order chi connectivity index (χ0) is 17.9. The Morgan fingerprint density at radius 3 is 2.25 bits per heavy atom. The van der Waals surface area contributed by atoms with E-state index in [4.69, 9.17) is 0 Å². The Morgan fingerprint density at radius 1 is 1.12 bits per heavy atom. The van der Waals surface area contributed by atoms with Gasteiger partial charge in [-0.1, -0.05) is 44.2 Å². The molecule has 0 aliphatic heterocycles. The van der Waals surface area contributed by atoms with Gasteiger partial charge in [-0.3, -0.25) is 4.98 Å². The Kier molecular flexibility index (Phi) is 6.07. The summed E-state index contributed by atoms with van der Waals surface area (Å²) in [5.41, 5.74) is 4.45. The molecule has 0 amide bonds. The normalized spacial score (nSPS) is 14.7. The van der Waals surface area contributed by atoms with E-state index >= 15 is 0 Å². The summed E-state index contributed by atoms with van der Waals surface area (Å²) in [6, 6.07) is 12.0. The molecule has 1 heterocycles. The summed E-state index contributed by atoms with van der Waals surface area (Å²) in [5, 5.41) is 0. The first kappa shape index (κ1) is 19.0. The Bertz CT molecular complexity index is 665. The fourth-order valence-electron chi connectivity index (χ4n) is 2.58. The zero-order valence-corrected chi connectivity index (χ0v) is 16.3. The molecule has 0 radical (unpaired) electrons. The van der Waals surface area contributed by atoms with E-state index in [-0.39, 0.29) is 10.8 Å². The average molecular weight is 345 g/mol. The van der Waals surface area contributed by atoms with Crippen LogP contribution < -0.4 is 4.72 Å². The molecule has 24 heavy (non-hydrogen) atoms. The highest BCUT2D eigenvalue weighted by molar-refractivity contribution is 7.90. The molecular weight excluding hydrogens is 316 g/mol. The van der Waals surface area contributed by atoms with Crippen LogP contribution in [0.5, 0.6) is 0 Å². The molecule has 130 valence electrons. The Morgan fingerprint density at radius 2 is 1.75 bits per heavy atom. The minimum absolute atomic E-state index is 0.189. The van der Waals surface area contributed by atoms with Gasteiger partial charge >= 0.3 is 0 Å². The summed E-state index contributed by atoms with van der Waals surface area (Å²) >= 11 is -1.18. The molecule has 0 saturated heterocycles. The Balaban J connectivity index is 2.41. The summed E-state index contributed by atoms with van der Waals surface area (Å²) in [4.78, 5) is 4.68. The summed E-state index contributed by atoms with van der Waals surface area (Å²) in [7, 11) is 0. The van der Waals surface area contributed by atoms with E-state index in [1.807, 2.05) is 57.3 Å². The van der Waals surface area contributed by atoms with Gasteiger partial charge < -0.3 is 4.55 Å². The minimum atomic E-state index is -1.18. The molecule has 1 N–H and O–H groups in total. The number of nitrogens with one attached hydrogen (secondary N) is 1. The van der Waals surface area contributed by atoms with E-state index in [9.17, 15) is 4.55 Å². The number of nitrogens with zero attached hydrogens (tertiary/aromatic N) is 1. The van der Waals surface area contributed by atoms with Gasteiger partial charge in [0.25, 0.3) is 0 Å². The molecule has 2 atom stereocenters. The van der Waals surface area contributed by atoms with Crippen molar-refractivity contribution in [3.05, 3.63) is 65.0 Å². The largest absolute Gasteiger partial charge is 0.598 e. The van der Waals surface area contributed by atoms with Gasteiger partial charge in [-0.2, -0.15) is 0 Å². The minimum Gasteiger partial charge on any atom is -0.598 e. The van der Waals surface area contributed by atoms with E-state index in [2.05, 4.69) is 36.5 Å². The monoisotopic (exact) mass is 344 g/mol. The van der Waals surface area contributed by atoms with Crippen LogP contribution in [0.1, 0.15) is 69.0 Å². The van der Waals surface area contributed by atoms with Gasteiger partial charge in [0, 0.05) is 17.6 Å². The van der Waals surface area contributed by atoms with Crippen LogP contribution >= 0.6 is 0 Å².